The third-order valence-corrected chi connectivity index (χ3v) is 4.80. The highest BCUT2D eigenvalue weighted by Gasteiger charge is 2.21. The van der Waals surface area contributed by atoms with Gasteiger partial charge in [0.15, 0.2) is 0 Å². The van der Waals surface area contributed by atoms with Gasteiger partial charge in [0, 0.05) is 36.8 Å². The van der Waals surface area contributed by atoms with Gasteiger partial charge in [-0.3, -0.25) is 0 Å². The van der Waals surface area contributed by atoms with Crippen LogP contribution in [0.3, 0.4) is 0 Å². The molecule has 0 aliphatic carbocycles. The molecule has 0 aromatic heterocycles. The highest BCUT2D eigenvalue weighted by atomic mass is 79.9. The molecular weight excluding hydrogens is 314 g/mol. The summed E-state index contributed by atoms with van der Waals surface area (Å²) in [6, 6.07) is 6.70. The normalized spacial score (nSPS) is 19.5. The molecular formula is C16H26BrN3. The summed E-state index contributed by atoms with van der Waals surface area (Å²) in [5, 5.41) is 3.37. The summed E-state index contributed by atoms with van der Waals surface area (Å²) in [5.74, 6) is 0.796. The van der Waals surface area contributed by atoms with Gasteiger partial charge in [-0.05, 0) is 50.2 Å². The van der Waals surface area contributed by atoms with Gasteiger partial charge >= 0.3 is 0 Å². The molecule has 2 rings (SSSR count). The van der Waals surface area contributed by atoms with Crippen LogP contribution in [0.5, 0.6) is 0 Å². The zero-order valence-electron chi connectivity index (χ0n) is 12.8. The first-order valence-electron chi connectivity index (χ1n) is 7.49. The van der Waals surface area contributed by atoms with Crippen LogP contribution >= 0.6 is 15.9 Å². The van der Waals surface area contributed by atoms with Gasteiger partial charge in [0.2, 0.25) is 0 Å². The number of nitrogens with zero attached hydrogens (tertiary/aromatic N) is 2. The van der Waals surface area contributed by atoms with E-state index in [2.05, 4.69) is 70.3 Å². The molecule has 0 spiro atoms. The number of rotatable bonds is 6. The minimum atomic E-state index is 0.796. The molecule has 4 heteroatoms. The van der Waals surface area contributed by atoms with Crippen LogP contribution in [0.25, 0.3) is 0 Å². The van der Waals surface area contributed by atoms with Crippen molar-refractivity contribution in [1.29, 1.82) is 0 Å². The second kappa shape index (κ2) is 7.43. The number of nitrogens with one attached hydrogen (secondary N) is 1. The van der Waals surface area contributed by atoms with E-state index in [1.807, 2.05) is 0 Å². The summed E-state index contributed by atoms with van der Waals surface area (Å²) < 4.78 is 1.20. The third kappa shape index (κ3) is 4.21. The molecule has 1 atom stereocenters. The number of likely N-dealkylation sites (tertiary alicyclic amines) is 1. The Labute approximate surface area is 131 Å². The monoisotopic (exact) mass is 339 g/mol. The first kappa shape index (κ1) is 15.8. The Bertz CT molecular complexity index is 436. The Kier molecular flexibility index (Phi) is 5.87. The molecule has 1 heterocycles. The van der Waals surface area contributed by atoms with Gasteiger partial charge in [-0.1, -0.05) is 28.9 Å². The molecule has 0 radical (unpaired) electrons. The lowest BCUT2D eigenvalue weighted by Gasteiger charge is -2.24. The summed E-state index contributed by atoms with van der Waals surface area (Å²) in [5.41, 5.74) is 2.62. The van der Waals surface area contributed by atoms with Crippen molar-refractivity contribution >= 4 is 21.6 Å². The van der Waals surface area contributed by atoms with Crippen LogP contribution in [-0.2, 0) is 6.54 Å². The molecule has 1 unspecified atom stereocenters. The summed E-state index contributed by atoms with van der Waals surface area (Å²) in [6.45, 7) is 7.67. The van der Waals surface area contributed by atoms with Crippen LogP contribution in [0.4, 0.5) is 5.69 Å². The molecule has 1 saturated heterocycles. The van der Waals surface area contributed by atoms with Gasteiger partial charge in [-0.25, -0.2) is 0 Å². The molecule has 3 nitrogen and oxygen atoms in total. The van der Waals surface area contributed by atoms with Crippen LogP contribution in [0.2, 0.25) is 0 Å². The van der Waals surface area contributed by atoms with E-state index in [-0.39, 0.29) is 0 Å². The van der Waals surface area contributed by atoms with E-state index < -0.39 is 0 Å². The largest absolute Gasteiger partial charge is 0.374 e. The van der Waals surface area contributed by atoms with Crippen molar-refractivity contribution < 1.29 is 0 Å². The molecule has 0 saturated carbocycles. The Morgan fingerprint density at radius 3 is 2.85 bits per heavy atom. The van der Waals surface area contributed by atoms with Gasteiger partial charge < -0.3 is 15.1 Å². The van der Waals surface area contributed by atoms with Crippen LogP contribution < -0.4 is 10.2 Å². The maximum Gasteiger partial charge on any atom is 0.0375 e. The van der Waals surface area contributed by atoms with E-state index in [1.54, 1.807) is 0 Å². The van der Waals surface area contributed by atoms with Crippen molar-refractivity contribution in [3.8, 4) is 0 Å². The zero-order chi connectivity index (χ0) is 14.5. The number of benzene rings is 1. The maximum absolute atomic E-state index is 3.69. The second-order valence-corrected chi connectivity index (χ2v) is 6.71. The van der Waals surface area contributed by atoms with Crippen molar-refractivity contribution in [1.82, 2.24) is 10.2 Å². The van der Waals surface area contributed by atoms with Crippen LogP contribution in [0.15, 0.2) is 22.7 Å². The predicted molar refractivity (Wildman–Crippen MR) is 90.4 cm³/mol. The lowest BCUT2D eigenvalue weighted by Crippen LogP contribution is -2.27. The van der Waals surface area contributed by atoms with E-state index in [0.717, 1.165) is 25.6 Å². The molecule has 1 aromatic carbocycles. The van der Waals surface area contributed by atoms with Gasteiger partial charge in [0.1, 0.15) is 0 Å². The van der Waals surface area contributed by atoms with Crippen molar-refractivity contribution in [3.05, 3.63) is 28.2 Å². The fraction of sp³-hybridized carbons (Fsp3) is 0.625. The predicted octanol–water partition coefficient (Wildman–Crippen LogP) is 2.95. The molecule has 0 bridgehead atoms. The molecule has 0 amide bonds. The maximum atomic E-state index is 3.69. The van der Waals surface area contributed by atoms with Gasteiger partial charge in [0.25, 0.3) is 0 Å². The first-order valence-corrected chi connectivity index (χ1v) is 8.28. The first-order chi connectivity index (χ1) is 9.60. The minimum absolute atomic E-state index is 0.796. The van der Waals surface area contributed by atoms with Crippen LogP contribution in [0, 0.1) is 5.92 Å². The minimum Gasteiger partial charge on any atom is -0.374 e. The van der Waals surface area contributed by atoms with E-state index in [4.69, 9.17) is 0 Å². The fourth-order valence-corrected chi connectivity index (χ4v) is 3.35. The quantitative estimate of drug-likeness (QED) is 0.859. The molecule has 1 aromatic rings. The Morgan fingerprint density at radius 1 is 1.45 bits per heavy atom. The van der Waals surface area contributed by atoms with Crippen molar-refractivity contribution in [2.75, 3.05) is 45.2 Å². The molecule has 1 aliphatic heterocycles. The second-order valence-electron chi connectivity index (χ2n) is 5.85. The van der Waals surface area contributed by atoms with Gasteiger partial charge in [-0.15, -0.1) is 0 Å². The Morgan fingerprint density at radius 2 is 2.25 bits per heavy atom. The van der Waals surface area contributed by atoms with Crippen LogP contribution in [-0.4, -0.2) is 45.2 Å². The highest BCUT2D eigenvalue weighted by molar-refractivity contribution is 9.10. The van der Waals surface area contributed by atoms with Crippen molar-refractivity contribution in [2.45, 2.75) is 19.9 Å². The van der Waals surface area contributed by atoms with Crippen LogP contribution in [0.1, 0.15) is 18.9 Å². The molecule has 20 heavy (non-hydrogen) atoms. The Balaban J connectivity index is 1.96. The lowest BCUT2D eigenvalue weighted by atomic mass is 10.1. The number of hydrogen-bond acceptors (Lipinski definition) is 3. The summed E-state index contributed by atoms with van der Waals surface area (Å²) in [4.78, 5) is 4.81. The number of halogens is 1. The van der Waals surface area contributed by atoms with Crippen molar-refractivity contribution in [2.24, 2.45) is 5.92 Å². The molecule has 112 valence electrons. The number of anilines is 1. The fourth-order valence-electron chi connectivity index (χ4n) is 2.84. The third-order valence-electron chi connectivity index (χ3n) is 4.06. The summed E-state index contributed by atoms with van der Waals surface area (Å²) in [7, 11) is 4.41. The van der Waals surface area contributed by atoms with E-state index in [9.17, 15) is 0 Å². The van der Waals surface area contributed by atoms with Gasteiger partial charge in [-0.2, -0.15) is 0 Å². The topological polar surface area (TPSA) is 18.5 Å². The summed E-state index contributed by atoms with van der Waals surface area (Å²) in [6.07, 6.45) is 1.32. The van der Waals surface area contributed by atoms with E-state index in [1.165, 1.54) is 35.2 Å². The molecule has 1 fully saturated rings. The smallest absolute Gasteiger partial charge is 0.0375 e. The molecule has 1 aliphatic rings. The van der Waals surface area contributed by atoms with Gasteiger partial charge in [0.05, 0.1) is 0 Å². The average molecular weight is 340 g/mol. The van der Waals surface area contributed by atoms with E-state index >= 15 is 0 Å². The SMILES string of the molecule is CCNCc1ccc(N(C)CC2CCN(C)C2)cc1Br. The number of hydrogen-bond donors (Lipinski definition) is 1. The zero-order valence-corrected chi connectivity index (χ0v) is 14.4. The van der Waals surface area contributed by atoms with E-state index in [0.29, 0.717) is 0 Å². The molecule has 1 N–H and O–H groups in total. The van der Waals surface area contributed by atoms with Crippen molar-refractivity contribution in [3.63, 3.8) is 0 Å². The highest BCUT2D eigenvalue weighted by Crippen LogP contribution is 2.25. The standard InChI is InChI=1S/C16H26BrN3/c1-4-18-10-14-5-6-15(9-16(14)17)20(3)12-13-7-8-19(2)11-13/h5-6,9,13,18H,4,7-8,10-12H2,1-3H3. The Hall–Kier alpha value is -0.580. The average Bonchev–Trinajstić information content (AvgIpc) is 2.82. The lowest BCUT2D eigenvalue weighted by molar-refractivity contribution is 0.396. The summed E-state index contributed by atoms with van der Waals surface area (Å²) >= 11 is 3.69.